The Morgan fingerprint density at radius 3 is 1.68 bits per heavy atom. The van der Waals surface area contributed by atoms with E-state index in [2.05, 4.69) is 29.7 Å². The maximum atomic E-state index is 12.0. The number of aliphatic hydroxyl groups is 1. The predicted molar refractivity (Wildman–Crippen MR) is 164 cm³/mol. The number of carbonyl (C=O) groups is 2. The number of nitrogens with zero attached hydrogens (tertiary/aromatic N) is 1. The summed E-state index contributed by atoms with van der Waals surface area (Å²) >= 11 is 0. The SMILES string of the molecule is CCCCNC(=O)CCCCCCC/C=C/CCCCCCCC(=O)NCCC[N+](C)(C)CC(O)CS(=O)(=O)O. The molecule has 0 aliphatic rings. The van der Waals surface area contributed by atoms with Crippen molar-refractivity contribution in [3.8, 4) is 0 Å². The second-order valence-electron chi connectivity index (χ2n) is 11.7. The van der Waals surface area contributed by atoms with Gasteiger partial charge in [-0.25, -0.2) is 0 Å². The van der Waals surface area contributed by atoms with Gasteiger partial charge in [0.05, 0.1) is 20.6 Å². The molecule has 2 amide bonds. The number of hydrogen-bond acceptors (Lipinski definition) is 5. The van der Waals surface area contributed by atoms with Crippen LogP contribution in [0.5, 0.6) is 0 Å². The van der Waals surface area contributed by atoms with Gasteiger partial charge in [0.25, 0.3) is 10.1 Å². The van der Waals surface area contributed by atoms with Crippen molar-refractivity contribution >= 4 is 21.9 Å². The lowest BCUT2D eigenvalue weighted by Crippen LogP contribution is -2.48. The summed E-state index contributed by atoms with van der Waals surface area (Å²) in [5, 5.41) is 15.7. The van der Waals surface area contributed by atoms with Gasteiger partial charge in [0.15, 0.2) is 0 Å². The molecule has 0 spiro atoms. The molecular weight excluding hydrogens is 530 g/mol. The Bertz CT molecular complexity index is 786. The number of rotatable bonds is 27. The highest BCUT2D eigenvalue weighted by atomic mass is 32.2. The number of hydrogen-bond donors (Lipinski definition) is 4. The summed E-state index contributed by atoms with van der Waals surface area (Å²) in [7, 11) is -0.424. The molecule has 9 nitrogen and oxygen atoms in total. The molecule has 4 N–H and O–H groups in total. The summed E-state index contributed by atoms with van der Waals surface area (Å²) in [6.07, 6.45) is 21.1. The van der Waals surface area contributed by atoms with Gasteiger partial charge in [-0.05, 0) is 44.9 Å². The van der Waals surface area contributed by atoms with E-state index in [9.17, 15) is 23.1 Å². The van der Waals surface area contributed by atoms with E-state index in [1.807, 2.05) is 14.1 Å². The predicted octanol–water partition coefficient (Wildman–Crippen LogP) is 4.75. The average molecular weight is 591 g/mol. The van der Waals surface area contributed by atoms with Crippen LogP contribution in [0.15, 0.2) is 12.2 Å². The first kappa shape index (κ1) is 38.5. The van der Waals surface area contributed by atoms with E-state index >= 15 is 0 Å². The molecule has 0 rings (SSSR count). The summed E-state index contributed by atoms with van der Waals surface area (Å²) in [6.45, 7) is 4.39. The lowest BCUT2D eigenvalue weighted by molar-refractivity contribution is -0.893. The molecule has 0 aliphatic carbocycles. The first-order valence-electron chi connectivity index (χ1n) is 15.6. The van der Waals surface area contributed by atoms with Gasteiger partial charge in [0, 0.05) is 32.4 Å². The minimum atomic E-state index is -4.19. The zero-order valence-electron chi connectivity index (χ0n) is 25.7. The molecule has 40 heavy (non-hydrogen) atoms. The molecule has 236 valence electrons. The minimum absolute atomic E-state index is 0.0626. The normalized spacial score (nSPS) is 13.0. The Labute approximate surface area is 244 Å². The number of amides is 2. The van der Waals surface area contributed by atoms with Crippen LogP contribution < -0.4 is 10.6 Å². The summed E-state index contributed by atoms with van der Waals surface area (Å²) < 4.78 is 31.0. The molecule has 0 fully saturated rings. The van der Waals surface area contributed by atoms with Crippen molar-refractivity contribution in [3.63, 3.8) is 0 Å². The molecular formula is C30H60N3O6S+. The molecule has 0 heterocycles. The fraction of sp³-hybridized carbons (Fsp3) is 0.867. The van der Waals surface area contributed by atoms with Crippen LogP contribution in [-0.4, -0.2) is 86.5 Å². The van der Waals surface area contributed by atoms with Crippen molar-refractivity contribution in [2.24, 2.45) is 0 Å². The van der Waals surface area contributed by atoms with E-state index < -0.39 is 22.0 Å². The Morgan fingerprint density at radius 1 is 0.750 bits per heavy atom. The Balaban J connectivity index is 3.52. The molecule has 0 aromatic rings. The summed E-state index contributed by atoms with van der Waals surface area (Å²) in [6, 6.07) is 0. The van der Waals surface area contributed by atoms with Gasteiger partial charge in [-0.2, -0.15) is 8.42 Å². The summed E-state index contributed by atoms with van der Waals surface area (Å²) in [5.41, 5.74) is 0. The largest absolute Gasteiger partial charge is 0.386 e. The van der Waals surface area contributed by atoms with Gasteiger partial charge in [-0.1, -0.05) is 64.0 Å². The standard InChI is InChI=1S/C30H59N3O6S/c1-4-5-23-31-29(35)21-18-16-14-12-10-8-6-7-9-11-13-15-17-19-22-30(36)32-24-20-25-33(2,3)26-28(34)27-40(37,38)39/h6-7,28,34H,4-5,8-27H2,1-3H3,(H2-,31,32,35,36,37,38,39)/p+1/b7-6+. The Hall–Kier alpha value is -1.49. The average Bonchev–Trinajstić information content (AvgIpc) is 2.85. The topological polar surface area (TPSA) is 133 Å². The molecule has 0 radical (unpaired) electrons. The third-order valence-corrected chi connectivity index (χ3v) is 7.74. The quantitative estimate of drug-likeness (QED) is 0.0472. The highest BCUT2D eigenvalue weighted by molar-refractivity contribution is 7.85. The van der Waals surface area contributed by atoms with E-state index in [4.69, 9.17) is 4.55 Å². The summed E-state index contributed by atoms with van der Waals surface area (Å²) in [4.78, 5) is 23.7. The van der Waals surface area contributed by atoms with Crippen LogP contribution in [-0.2, 0) is 19.7 Å². The number of nitrogens with one attached hydrogen (secondary N) is 2. The van der Waals surface area contributed by atoms with Gasteiger partial charge >= 0.3 is 0 Å². The van der Waals surface area contributed by atoms with Crippen molar-refractivity contribution in [1.29, 1.82) is 0 Å². The van der Waals surface area contributed by atoms with E-state index in [-0.39, 0.29) is 18.4 Å². The maximum Gasteiger partial charge on any atom is 0.267 e. The van der Waals surface area contributed by atoms with Crippen molar-refractivity contribution in [2.45, 2.75) is 122 Å². The molecule has 0 aromatic carbocycles. The number of carbonyl (C=O) groups excluding carboxylic acids is 2. The van der Waals surface area contributed by atoms with E-state index in [0.717, 1.165) is 70.8 Å². The van der Waals surface area contributed by atoms with Crippen LogP contribution in [0.3, 0.4) is 0 Å². The fourth-order valence-corrected chi connectivity index (χ4v) is 5.26. The smallest absolute Gasteiger partial charge is 0.267 e. The van der Waals surface area contributed by atoms with Crippen LogP contribution in [0.1, 0.15) is 116 Å². The number of aliphatic hydroxyl groups excluding tert-OH is 1. The van der Waals surface area contributed by atoms with Gasteiger partial charge in [0.1, 0.15) is 18.4 Å². The van der Waals surface area contributed by atoms with Crippen LogP contribution in [0.25, 0.3) is 0 Å². The second kappa shape index (κ2) is 24.1. The first-order valence-corrected chi connectivity index (χ1v) is 17.2. The van der Waals surface area contributed by atoms with Crippen molar-refractivity contribution in [1.82, 2.24) is 10.6 Å². The lowest BCUT2D eigenvalue weighted by atomic mass is 10.1. The Kier molecular flexibility index (Phi) is 23.2. The molecule has 1 atom stereocenters. The third-order valence-electron chi connectivity index (χ3n) is 6.94. The monoisotopic (exact) mass is 590 g/mol. The molecule has 10 heteroatoms. The summed E-state index contributed by atoms with van der Waals surface area (Å²) in [5.74, 6) is -0.400. The Morgan fingerprint density at radius 2 is 1.20 bits per heavy atom. The van der Waals surface area contributed by atoms with E-state index in [1.165, 1.54) is 32.1 Å². The van der Waals surface area contributed by atoms with Crippen LogP contribution in [0, 0.1) is 0 Å². The van der Waals surface area contributed by atoms with Gasteiger partial charge < -0.3 is 20.2 Å². The highest BCUT2D eigenvalue weighted by Crippen LogP contribution is 2.10. The van der Waals surface area contributed by atoms with Gasteiger partial charge in [-0.15, -0.1) is 0 Å². The zero-order chi connectivity index (χ0) is 30.1. The molecule has 0 aromatic heterocycles. The van der Waals surface area contributed by atoms with E-state index in [1.54, 1.807) is 0 Å². The van der Waals surface area contributed by atoms with Crippen LogP contribution in [0.2, 0.25) is 0 Å². The molecule has 0 bridgehead atoms. The fourth-order valence-electron chi connectivity index (χ4n) is 4.67. The highest BCUT2D eigenvalue weighted by Gasteiger charge is 2.24. The van der Waals surface area contributed by atoms with Gasteiger partial charge in [0.2, 0.25) is 11.8 Å². The number of likely N-dealkylation sites (N-methyl/N-ethyl adjacent to an activating group) is 1. The van der Waals surface area contributed by atoms with Crippen LogP contribution in [0.4, 0.5) is 0 Å². The number of quaternary nitrogens is 1. The van der Waals surface area contributed by atoms with E-state index in [0.29, 0.717) is 30.4 Å². The molecule has 0 aliphatic heterocycles. The molecule has 0 saturated carbocycles. The molecule has 1 unspecified atom stereocenters. The van der Waals surface area contributed by atoms with Crippen molar-refractivity contribution in [3.05, 3.63) is 12.2 Å². The van der Waals surface area contributed by atoms with Crippen LogP contribution >= 0.6 is 0 Å². The maximum absolute atomic E-state index is 12.0. The third kappa shape index (κ3) is 28.1. The first-order chi connectivity index (χ1) is 18.9. The second-order valence-corrected chi connectivity index (χ2v) is 13.2. The molecule has 0 saturated heterocycles. The lowest BCUT2D eigenvalue weighted by Gasteiger charge is -2.31. The number of allylic oxidation sites excluding steroid dienone is 2. The zero-order valence-corrected chi connectivity index (χ0v) is 26.5. The number of unbranched alkanes of at least 4 members (excludes halogenated alkanes) is 11. The van der Waals surface area contributed by atoms with Crippen molar-refractivity contribution < 1.29 is 32.1 Å². The van der Waals surface area contributed by atoms with Crippen molar-refractivity contribution in [2.75, 3.05) is 46.0 Å². The van der Waals surface area contributed by atoms with Gasteiger partial charge in [-0.3, -0.25) is 14.1 Å². The minimum Gasteiger partial charge on any atom is -0.386 e.